The molecule has 0 aromatic carbocycles. The van der Waals surface area contributed by atoms with E-state index in [1.807, 2.05) is 0 Å². The molecule has 0 fully saturated rings. The van der Waals surface area contributed by atoms with E-state index in [-0.39, 0.29) is 17.4 Å². The first kappa shape index (κ1) is 17.6. The quantitative estimate of drug-likeness (QED) is 0.360. The van der Waals surface area contributed by atoms with E-state index in [1.165, 1.54) is 0 Å². The van der Waals surface area contributed by atoms with Crippen LogP contribution >= 0.6 is 11.3 Å². The molecule has 0 spiro atoms. The number of ether oxygens (including phenoxy) is 1. The van der Waals surface area contributed by atoms with Crippen molar-refractivity contribution in [2.24, 2.45) is 0 Å². The zero-order chi connectivity index (χ0) is 16.6. The number of thiophene rings is 1. The number of rotatable bonds is 3. The summed E-state index contributed by atoms with van der Waals surface area (Å²) in [5.74, 6) is -2.88. The van der Waals surface area contributed by atoms with Crippen molar-refractivity contribution >= 4 is 27.4 Å². The van der Waals surface area contributed by atoms with Crippen LogP contribution in [0.5, 0.6) is 5.75 Å². The van der Waals surface area contributed by atoms with E-state index in [0.717, 1.165) is 7.11 Å². The predicted molar refractivity (Wildman–Crippen MR) is 56.3 cm³/mol. The van der Waals surface area contributed by atoms with Gasteiger partial charge in [-0.05, 0) is 0 Å². The second kappa shape index (κ2) is 5.36. The summed E-state index contributed by atoms with van der Waals surface area (Å²) in [7, 11) is -5.47. The van der Waals surface area contributed by atoms with E-state index in [2.05, 4.69) is 8.92 Å². The number of hydrogen-bond acceptors (Lipinski definition) is 6. The normalized spacial score (nSPS) is 13.1. The summed E-state index contributed by atoms with van der Waals surface area (Å²) in [6.07, 6.45) is -5.00. The minimum atomic E-state index is -6.22. The molecule has 0 radical (unpaired) electrons. The number of alkyl halides is 6. The Kier molecular flexibility index (Phi) is 4.48. The average molecular weight is 358 g/mol. The molecule has 0 bridgehead atoms. The lowest BCUT2D eigenvalue weighted by Gasteiger charge is -2.09. The monoisotopic (exact) mass is 358 g/mol. The lowest BCUT2D eigenvalue weighted by atomic mass is 10.4. The maximum atomic E-state index is 12.4. The summed E-state index contributed by atoms with van der Waals surface area (Å²) < 4.78 is 103. The topological polar surface area (TPSA) is 69.7 Å². The number of hydrogen-bond donors (Lipinski definition) is 0. The predicted octanol–water partition coefficient (Wildman–Crippen LogP) is 2.78. The fourth-order valence-electron chi connectivity index (χ4n) is 0.976. The van der Waals surface area contributed by atoms with Crippen molar-refractivity contribution in [3.8, 4) is 5.75 Å². The van der Waals surface area contributed by atoms with Crippen molar-refractivity contribution in [1.82, 2.24) is 0 Å². The summed E-state index contributed by atoms with van der Waals surface area (Å²) in [4.78, 5) is 8.60. The smallest absolute Gasteiger partial charge is 0.465 e. The summed E-state index contributed by atoms with van der Waals surface area (Å²) in [5.41, 5.74) is -5.86. The largest absolute Gasteiger partial charge is 0.534 e. The second-order valence-corrected chi connectivity index (χ2v) is 5.87. The Morgan fingerprint density at radius 2 is 1.71 bits per heavy atom. The molecule has 1 heterocycles. The molecule has 0 aliphatic rings. The van der Waals surface area contributed by atoms with Crippen molar-refractivity contribution in [3.63, 3.8) is 0 Å². The molecule has 5 nitrogen and oxygen atoms in total. The second-order valence-electron chi connectivity index (χ2n) is 3.28. The highest BCUT2D eigenvalue weighted by Gasteiger charge is 2.49. The summed E-state index contributed by atoms with van der Waals surface area (Å²) >= 11 is -0.306. The number of carbonyl (C=O) groups excluding carboxylic acids is 1. The molecule has 13 heteroatoms. The van der Waals surface area contributed by atoms with Gasteiger partial charge in [-0.3, -0.25) is 0 Å². The van der Waals surface area contributed by atoms with Gasteiger partial charge in [0, 0.05) is 6.07 Å². The average Bonchev–Trinajstić information content (AvgIpc) is 2.69. The fraction of sp³-hybridized carbons (Fsp3) is 0.375. The van der Waals surface area contributed by atoms with Gasteiger partial charge in [-0.25, -0.2) is 4.79 Å². The molecule has 21 heavy (non-hydrogen) atoms. The molecule has 1 rings (SSSR count). The highest BCUT2D eigenvalue weighted by atomic mass is 32.2. The minimum Gasteiger partial charge on any atom is -0.465 e. The first-order valence-corrected chi connectivity index (χ1v) is 6.82. The van der Waals surface area contributed by atoms with Gasteiger partial charge in [0.2, 0.25) is 0 Å². The van der Waals surface area contributed by atoms with Gasteiger partial charge in [0.25, 0.3) is 0 Å². The first-order valence-electron chi connectivity index (χ1n) is 4.59. The van der Waals surface area contributed by atoms with E-state index < -0.39 is 43.3 Å². The van der Waals surface area contributed by atoms with Crippen LogP contribution in [0.2, 0.25) is 0 Å². The minimum absolute atomic E-state index is 0.0276. The molecular formula is C8H4F6O5S2. The van der Waals surface area contributed by atoms with E-state index >= 15 is 0 Å². The standard InChI is InChI=1S/C8H4F6O5S2/c1-18-6(15)5-3(2-4(20-5)7(9,10)11)19-21(16,17)8(12,13)14/h2H,1H3. The van der Waals surface area contributed by atoms with Crippen LogP contribution in [0.1, 0.15) is 14.5 Å². The van der Waals surface area contributed by atoms with Crippen molar-refractivity contribution in [2.75, 3.05) is 7.11 Å². The van der Waals surface area contributed by atoms with Gasteiger partial charge in [0.1, 0.15) is 4.88 Å². The Balaban J connectivity index is 3.35. The van der Waals surface area contributed by atoms with Crippen molar-refractivity contribution in [2.45, 2.75) is 11.7 Å². The maximum absolute atomic E-state index is 12.4. The van der Waals surface area contributed by atoms with Crippen molar-refractivity contribution in [3.05, 3.63) is 15.8 Å². The number of methoxy groups -OCH3 is 1. The number of carbonyl (C=O) groups is 1. The maximum Gasteiger partial charge on any atom is 0.534 e. The van der Waals surface area contributed by atoms with Crippen molar-refractivity contribution < 1.29 is 48.5 Å². The Morgan fingerprint density at radius 3 is 2.10 bits per heavy atom. The molecule has 0 amide bonds. The molecule has 0 N–H and O–H groups in total. The van der Waals surface area contributed by atoms with Gasteiger partial charge >= 0.3 is 27.8 Å². The SMILES string of the molecule is COC(=O)c1sc(C(F)(F)F)cc1OS(=O)(=O)C(F)(F)F. The third kappa shape index (κ3) is 3.78. The number of esters is 1. The molecule has 0 saturated carbocycles. The molecule has 1 aromatic rings. The van der Waals surface area contributed by atoms with Crippen LogP contribution in [0.4, 0.5) is 26.3 Å². The Bertz CT molecular complexity index is 641. The Labute approximate surface area is 117 Å². The molecular weight excluding hydrogens is 354 g/mol. The molecule has 0 atom stereocenters. The lowest BCUT2D eigenvalue weighted by molar-refractivity contribution is -0.134. The van der Waals surface area contributed by atoms with Gasteiger partial charge in [-0.15, -0.1) is 11.3 Å². The highest BCUT2D eigenvalue weighted by molar-refractivity contribution is 7.88. The molecule has 1 aromatic heterocycles. The third-order valence-corrected chi connectivity index (χ3v) is 3.94. The summed E-state index contributed by atoms with van der Waals surface area (Å²) in [6.45, 7) is 0. The van der Waals surface area contributed by atoms with Crippen LogP contribution in [-0.2, 0) is 21.0 Å². The van der Waals surface area contributed by atoms with E-state index in [4.69, 9.17) is 0 Å². The van der Waals surface area contributed by atoms with Crippen LogP contribution in [0, 0.1) is 0 Å². The van der Waals surface area contributed by atoms with Gasteiger partial charge in [-0.2, -0.15) is 34.8 Å². The van der Waals surface area contributed by atoms with Crippen LogP contribution in [0.25, 0.3) is 0 Å². The van der Waals surface area contributed by atoms with E-state index in [9.17, 15) is 39.6 Å². The van der Waals surface area contributed by atoms with E-state index in [1.54, 1.807) is 0 Å². The first-order chi connectivity index (χ1) is 9.29. The third-order valence-electron chi connectivity index (χ3n) is 1.83. The molecule has 0 saturated heterocycles. The van der Waals surface area contributed by atoms with Crippen LogP contribution in [0.3, 0.4) is 0 Å². The highest BCUT2D eigenvalue weighted by Crippen LogP contribution is 2.41. The Hall–Kier alpha value is -1.50. The van der Waals surface area contributed by atoms with Gasteiger partial charge < -0.3 is 8.92 Å². The molecule has 0 aliphatic carbocycles. The van der Waals surface area contributed by atoms with Gasteiger partial charge in [0.15, 0.2) is 10.6 Å². The molecule has 0 unspecified atom stereocenters. The van der Waals surface area contributed by atoms with Crippen LogP contribution < -0.4 is 4.18 Å². The zero-order valence-corrected chi connectivity index (χ0v) is 11.3. The zero-order valence-electron chi connectivity index (χ0n) is 9.70. The van der Waals surface area contributed by atoms with Crippen LogP contribution in [-0.4, -0.2) is 27.0 Å². The summed E-state index contributed by atoms with van der Waals surface area (Å²) in [6, 6.07) is -0.0276. The fourth-order valence-corrected chi connectivity index (χ4v) is 2.36. The van der Waals surface area contributed by atoms with Crippen LogP contribution in [0.15, 0.2) is 6.07 Å². The molecule has 0 aliphatic heterocycles. The van der Waals surface area contributed by atoms with E-state index in [0.29, 0.717) is 0 Å². The van der Waals surface area contributed by atoms with Gasteiger partial charge in [-0.1, -0.05) is 0 Å². The number of halogens is 6. The summed E-state index contributed by atoms with van der Waals surface area (Å²) in [5, 5.41) is 0. The molecule has 120 valence electrons. The Morgan fingerprint density at radius 1 is 1.19 bits per heavy atom. The van der Waals surface area contributed by atoms with Crippen molar-refractivity contribution in [1.29, 1.82) is 0 Å². The lowest BCUT2D eigenvalue weighted by Crippen LogP contribution is -2.28. The van der Waals surface area contributed by atoms with Gasteiger partial charge in [0.05, 0.1) is 7.11 Å².